The molecule has 234 valence electrons. The standard InChI is InChI=1S/C48H32N2/c1-2-12-33(13-3-1)39-14-4-5-15-40(39)38-28-29-43-44(32-38)48(37-26-22-35(23-27-37)46-19-9-11-31-50-46)42-17-7-6-16-41(42)47(43)36-24-20-34(21-25-36)45-18-8-10-30-49-45/h1-32H. The van der Waals surface area contributed by atoms with Gasteiger partial charge in [-0.1, -0.05) is 152 Å². The summed E-state index contributed by atoms with van der Waals surface area (Å²) in [5.74, 6) is 0. The van der Waals surface area contributed by atoms with E-state index in [0.717, 1.165) is 22.5 Å². The average molecular weight is 637 g/mol. The predicted octanol–water partition coefficient (Wildman–Crippen LogP) is 12.8. The van der Waals surface area contributed by atoms with E-state index in [4.69, 9.17) is 0 Å². The lowest BCUT2D eigenvalue weighted by Gasteiger charge is -2.19. The van der Waals surface area contributed by atoms with Crippen LogP contribution in [0.3, 0.4) is 0 Å². The molecule has 50 heavy (non-hydrogen) atoms. The molecule has 0 amide bonds. The zero-order valence-corrected chi connectivity index (χ0v) is 27.4. The molecule has 0 saturated carbocycles. The van der Waals surface area contributed by atoms with Crippen LogP contribution in [0.5, 0.6) is 0 Å². The summed E-state index contributed by atoms with van der Waals surface area (Å²) in [7, 11) is 0. The first-order valence-corrected chi connectivity index (χ1v) is 17.0. The molecule has 0 saturated heterocycles. The molecule has 0 spiro atoms. The van der Waals surface area contributed by atoms with Crippen molar-refractivity contribution in [1.82, 2.24) is 9.97 Å². The SMILES string of the molecule is c1ccc(-c2ccccc2-c2ccc3c(-c4ccc(-c5ccccn5)cc4)c4ccccc4c(-c4ccc(-c5ccccn5)cc4)c3c2)cc1. The Labute approximate surface area is 292 Å². The maximum absolute atomic E-state index is 4.60. The quantitative estimate of drug-likeness (QED) is 0.170. The monoisotopic (exact) mass is 636 g/mol. The maximum Gasteiger partial charge on any atom is 0.0701 e. The third kappa shape index (κ3) is 5.34. The fourth-order valence-corrected chi connectivity index (χ4v) is 7.25. The lowest BCUT2D eigenvalue weighted by atomic mass is 9.84. The van der Waals surface area contributed by atoms with Gasteiger partial charge in [0.2, 0.25) is 0 Å². The molecule has 7 aromatic carbocycles. The van der Waals surface area contributed by atoms with Gasteiger partial charge in [-0.05, 0) is 96.4 Å². The van der Waals surface area contributed by atoms with Gasteiger partial charge < -0.3 is 0 Å². The first kappa shape index (κ1) is 29.5. The Balaban J connectivity index is 1.30. The molecule has 0 unspecified atom stereocenters. The fourth-order valence-electron chi connectivity index (χ4n) is 7.25. The van der Waals surface area contributed by atoms with E-state index < -0.39 is 0 Å². The Hall–Kier alpha value is -6.64. The van der Waals surface area contributed by atoms with E-state index in [1.54, 1.807) is 0 Å². The second-order valence-electron chi connectivity index (χ2n) is 12.6. The molecule has 0 atom stereocenters. The van der Waals surface area contributed by atoms with Crippen molar-refractivity contribution in [2.45, 2.75) is 0 Å². The van der Waals surface area contributed by atoms with Crippen LogP contribution in [0.25, 0.3) is 88.6 Å². The van der Waals surface area contributed by atoms with Crippen molar-refractivity contribution in [2.24, 2.45) is 0 Å². The van der Waals surface area contributed by atoms with Crippen LogP contribution in [0.1, 0.15) is 0 Å². The van der Waals surface area contributed by atoms with Gasteiger partial charge in [0.05, 0.1) is 11.4 Å². The van der Waals surface area contributed by atoms with Gasteiger partial charge in [0, 0.05) is 23.5 Å². The minimum Gasteiger partial charge on any atom is -0.256 e. The Morgan fingerprint density at radius 1 is 0.260 bits per heavy atom. The molecule has 2 heteroatoms. The molecule has 2 nitrogen and oxygen atoms in total. The summed E-state index contributed by atoms with van der Waals surface area (Å²) >= 11 is 0. The smallest absolute Gasteiger partial charge is 0.0701 e. The highest BCUT2D eigenvalue weighted by molar-refractivity contribution is 6.22. The van der Waals surface area contributed by atoms with E-state index >= 15 is 0 Å². The van der Waals surface area contributed by atoms with Crippen LogP contribution in [-0.4, -0.2) is 9.97 Å². The van der Waals surface area contributed by atoms with E-state index in [0.29, 0.717) is 0 Å². The molecule has 9 rings (SSSR count). The van der Waals surface area contributed by atoms with Crippen LogP contribution in [0.15, 0.2) is 194 Å². The van der Waals surface area contributed by atoms with Crippen LogP contribution < -0.4 is 0 Å². The third-order valence-corrected chi connectivity index (χ3v) is 9.62. The van der Waals surface area contributed by atoms with E-state index in [9.17, 15) is 0 Å². The molecule has 0 aliphatic rings. The number of pyridine rings is 2. The minimum atomic E-state index is 0.970. The number of aromatic nitrogens is 2. The summed E-state index contributed by atoms with van der Waals surface area (Å²) in [5, 5.41) is 4.90. The van der Waals surface area contributed by atoms with E-state index in [2.05, 4.69) is 168 Å². The zero-order valence-electron chi connectivity index (χ0n) is 27.4. The average Bonchev–Trinajstić information content (AvgIpc) is 3.21. The van der Waals surface area contributed by atoms with Crippen molar-refractivity contribution >= 4 is 21.5 Å². The van der Waals surface area contributed by atoms with Crippen LogP contribution in [0, 0.1) is 0 Å². The Kier molecular flexibility index (Phi) is 7.53. The molecular weight excluding hydrogens is 605 g/mol. The molecule has 2 heterocycles. The van der Waals surface area contributed by atoms with Gasteiger partial charge in [-0.25, -0.2) is 0 Å². The van der Waals surface area contributed by atoms with Crippen molar-refractivity contribution in [1.29, 1.82) is 0 Å². The van der Waals surface area contributed by atoms with Gasteiger partial charge in [0.15, 0.2) is 0 Å². The molecule has 0 aliphatic carbocycles. The van der Waals surface area contributed by atoms with Crippen LogP contribution in [-0.2, 0) is 0 Å². The molecule has 9 aromatic rings. The van der Waals surface area contributed by atoms with Crippen LogP contribution in [0.4, 0.5) is 0 Å². The van der Waals surface area contributed by atoms with Crippen molar-refractivity contribution in [3.63, 3.8) is 0 Å². The molecular formula is C48H32N2. The summed E-state index contributed by atoms with van der Waals surface area (Å²) in [5.41, 5.74) is 13.8. The topological polar surface area (TPSA) is 25.8 Å². The number of fused-ring (bicyclic) bond motifs is 2. The van der Waals surface area contributed by atoms with Gasteiger partial charge in [-0.2, -0.15) is 0 Å². The lowest BCUT2D eigenvalue weighted by molar-refractivity contribution is 1.33. The highest BCUT2D eigenvalue weighted by Crippen LogP contribution is 2.46. The third-order valence-electron chi connectivity index (χ3n) is 9.62. The highest BCUT2D eigenvalue weighted by atomic mass is 14.7. The molecule has 0 N–H and O–H groups in total. The summed E-state index contributed by atoms with van der Waals surface area (Å²) in [6.07, 6.45) is 3.69. The Morgan fingerprint density at radius 2 is 0.680 bits per heavy atom. The van der Waals surface area contributed by atoms with E-state index in [-0.39, 0.29) is 0 Å². The van der Waals surface area contributed by atoms with Gasteiger partial charge >= 0.3 is 0 Å². The largest absolute Gasteiger partial charge is 0.256 e. The van der Waals surface area contributed by atoms with Crippen molar-refractivity contribution in [2.75, 3.05) is 0 Å². The summed E-state index contributed by atoms with van der Waals surface area (Å²) in [6, 6.07) is 65.1. The van der Waals surface area contributed by atoms with Crippen LogP contribution >= 0.6 is 0 Å². The minimum absolute atomic E-state index is 0.970. The number of benzene rings is 7. The number of rotatable bonds is 6. The number of hydrogen-bond acceptors (Lipinski definition) is 2. The summed E-state index contributed by atoms with van der Waals surface area (Å²) in [4.78, 5) is 9.18. The molecule has 2 aromatic heterocycles. The Morgan fingerprint density at radius 3 is 1.22 bits per heavy atom. The predicted molar refractivity (Wildman–Crippen MR) is 210 cm³/mol. The van der Waals surface area contributed by atoms with Gasteiger partial charge in [0.1, 0.15) is 0 Å². The normalized spacial score (nSPS) is 11.2. The summed E-state index contributed by atoms with van der Waals surface area (Å²) in [6.45, 7) is 0. The maximum atomic E-state index is 4.60. The van der Waals surface area contributed by atoms with Crippen molar-refractivity contribution in [3.05, 3.63) is 194 Å². The fraction of sp³-hybridized carbons (Fsp3) is 0. The number of nitrogens with zero attached hydrogens (tertiary/aromatic N) is 2. The molecule has 0 fully saturated rings. The molecule has 0 bridgehead atoms. The van der Waals surface area contributed by atoms with Crippen molar-refractivity contribution in [3.8, 4) is 67.0 Å². The van der Waals surface area contributed by atoms with Gasteiger partial charge in [-0.15, -0.1) is 0 Å². The highest BCUT2D eigenvalue weighted by Gasteiger charge is 2.19. The summed E-state index contributed by atoms with van der Waals surface area (Å²) < 4.78 is 0. The Bertz CT molecular complexity index is 2590. The van der Waals surface area contributed by atoms with Crippen LogP contribution in [0.2, 0.25) is 0 Å². The molecule has 0 radical (unpaired) electrons. The van der Waals surface area contributed by atoms with Crippen molar-refractivity contribution < 1.29 is 0 Å². The lowest BCUT2D eigenvalue weighted by Crippen LogP contribution is -1.93. The van der Waals surface area contributed by atoms with Gasteiger partial charge in [-0.3, -0.25) is 9.97 Å². The van der Waals surface area contributed by atoms with Gasteiger partial charge in [0.25, 0.3) is 0 Å². The second-order valence-corrected chi connectivity index (χ2v) is 12.6. The van der Waals surface area contributed by atoms with E-state index in [1.165, 1.54) is 66.1 Å². The second kappa shape index (κ2) is 12.8. The number of hydrogen-bond donors (Lipinski definition) is 0. The zero-order chi connectivity index (χ0) is 33.3. The first-order chi connectivity index (χ1) is 24.8. The van der Waals surface area contributed by atoms with E-state index in [1.807, 2.05) is 36.7 Å². The first-order valence-electron chi connectivity index (χ1n) is 17.0. The molecule has 0 aliphatic heterocycles.